The molecule has 0 amide bonds. The van der Waals surface area contributed by atoms with E-state index in [0.29, 0.717) is 6.10 Å². The van der Waals surface area contributed by atoms with Crippen molar-refractivity contribution in [2.75, 3.05) is 27.2 Å². The van der Waals surface area contributed by atoms with Gasteiger partial charge in [0.25, 0.3) is 0 Å². The molecule has 0 bridgehead atoms. The van der Waals surface area contributed by atoms with E-state index in [9.17, 15) is 0 Å². The maximum absolute atomic E-state index is 6.49. The van der Waals surface area contributed by atoms with Gasteiger partial charge in [0.1, 0.15) is 5.75 Å². The van der Waals surface area contributed by atoms with Gasteiger partial charge in [-0.05, 0) is 57.7 Å². The normalized spacial score (nSPS) is 24.7. The molecule has 26 heavy (non-hydrogen) atoms. The van der Waals surface area contributed by atoms with Gasteiger partial charge in [0.15, 0.2) is 0 Å². The predicted octanol–water partition coefficient (Wildman–Crippen LogP) is 4.86. The van der Waals surface area contributed by atoms with Crippen LogP contribution in [0.25, 0.3) is 0 Å². The molecule has 0 spiro atoms. The van der Waals surface area contributed by atoms with Crippen molar-refractivity contribution in [2.24, 2.45) is 11.8 Å². The second-order valence-corrected chi connectivity index (χ2v) is 8.50. The van der Waals surface area contributed by atoms with E-state index in [-0.39, 0.29) is 0 Å². The molecule has 0 saturated heterocycles. The summed E-state index contributed by atoms with van der Waals surface area (Å²) in [5.74, 6) is 3.08. The van der Waals surface area contributed by atoms with Crippen LogP contribution in [0.3, 0.4) is 0 Å². The Kier molecular flexibility index (Phi) is 7.82. The summed E-state index contributed by atoms with van der Waals surface area (Å²) in [6, 6.07) is 8.63. The van der Waals surface area contributed by atoms with Gasteiger partial charge in [-0.2, -0.15) is 0 Å². The Balaban J connectivity index is 1.50. The number of likely N-dealkylation sites (N-methyl/N-ethyl adjacent to an activating group) is 2. The highest BCUT2D eigenvalue weighted by molar-refractivity contribution is 5.33. The fraction of sp³-hybridized carbons (Fsp3) is 0.739. The van der Waals surface area contributed by atoms with Crippen molar-refractivity contribution in [1.29, 1.82) is 0 Å². The number of hydrogen-bond acceptors (Lipinski definition) is 3. The van der Waals surface area contributed by atoms with Crippen molar-refractivity contribution in [3.63, 3.8) is 0 Å². The van der Waals surface area contributed by atoms with E-state index in [2.05, 4.69) is 41.5 Å². The van der Waals surface area contributed by atoms with Gasteiger partial charge in [-0.25, -0.2) is 0 Å². The molecule has 0 radical (unpaired) electrons. The lowest BCUT2D eigenvalue weighted by Gasteiger charge is -2.36. The highest BCUT2D eigenvalue weighted by Gasteiger charge is 2.29. The van der Waals surface area contributed by atoms with Gasteiger partial charge >= 0.3 is 0 Å². The van der Waals surface area contributed by atoms with Gasteiger partial charge in [0, 0.05) is 25.2 Å². The first kappa shape index (κ1) is 19.7. The predicted molar refractivity (Wildman–Crippen MR) is 110 cm³/mol. The summed E-state index contributed by atoms with van der Waals surface area (Å²) in [7, 11) is 4.19. The number of ether oxygens (including phenoxy) is 1. The van der Waals surface area contributed by atoms with Crippen molar-refractivity contribution in [3.05, 3.63) is 29.8 Å². The van der Waals surface area contributed by atoms with Gasteiger partial charge in [-0.15, -0.1) is 0 Å². The average molecular weight is 359 g/mol. The summed E-state index contributed by atoms with van der Waals surface area (Å²) in [6.07, 6.45) is 13.0. The van der Waals surface area contributed by atoms with Gasteiger partial charge in [0.2, 0.25) is 0 Å². The summed E-state index contributed by atoms with van der Waals surface area (Å²) in [4.78, 5) is 2.36. The molecular weight excluding hydrogens is 320 g/mol. The Hall–Kier alpha value is -1.06. The topological polar surface area (TPSA) is 24.5 Å². The zero-order valence-corrected chi connectivity index (χ0v) is 16.9. The maximum atomic E-state index is 6.49. The molecule has 1 aromatic carbocycles. The van der Waals surface area contributed by atoms with Crippen LogP contribution in [0.5, 0.6) is 5.75 Å². The molecule has 0 atom stereocenters. The Morgan fingerprint density at radius 3 is 2.38 bits per heavy atom. The Bertz CT molecular complexity index is 519. The minimum Gasteiger partial charge on any atom is -0.490 e. The van der Waals surface area contributed by atoms with Crippen LogP contribution in [0.1, 0.15) is 63.4 Å². The molecule has 0 unspecified atom stereocenters. The van der Waals surface area contributed by atoms with E-state index in [0.717, 1.165) is 37.2 Å². The minimum atomic E-state index is 0.415. The highest BCUT2D eigenvalue weighted by atomic mass is 16.5. The summed E-state index contributed by atoms with van der Waals surface area (Å²) >= 11 is 0. The molecule has 2 fully saturated rings. The fourth-order valence-corrected chi connectivity index (χ4v) is 4.88. The molecule has 2 saturated carbocycles. The van der Waals surface area contributed by atoms with Crippen molar-refractivity contribution < 1.29 is 4.74 Å². The molecule has 146 valence electrons. The number of hydrogen-bond donors (Lipinski definition) is 1. The van der Waals surface area contributed by atoms with Crippen LogP contribution in [0.15, 0.2) is 24.3 Å². The van der Waals surface area contributed by atoms with Crippen molar-refractivity contribution in [2.45, 2.75) is 70.4 Å². The molecule has 3 nitrogen and oxygen atoms in total. The largest absolute Gasteiger partial charge is 0.490 e. The first-order valence-electron chi connectivity index (χ1n) is 10.8. The van der Waals surface area contributed by atoms with Crippen LogP contribution in [0, 0.1) is 11.8 Å². The van der Waals surface area contributed by atoms with E-state index in [1.165, 1.54) is 63.4 Å². The summed E-state index contributed by atoms with van der Waals surface area (Å²) in [6.45, 7) is 3.03. The molecule has 2 aliphatic carbocycles. The van der Waals surface area contributed by atoms with Gasteiger partial charge in [-0.3, -0.25) is 0 Å². The van der Waals surface area contributed by atoms with Gasteiger partial charge in [0.05, 0.1) is 6.10 Å². The Labute approximate surface area is 160 Å². The second-order valence-electron chi connectivity index (χ2n) is 8.50. The molecule has 0 aromatic heterocycles. The average Bonchev–Trinajstić information content (AvgIpc) is 2.69. The Morgan fingerprint density at radius 2 is 1.65 bits per heavy atom. The van der Waals surface area contributed by atoms with Crippen molar-refractivity contribution >= 4 is 0 Å². The zero-order chi connectivity index (χ0) is 18.2. The number of nitrogens with zero attached hydrogens (tertiary/aromatic N) is 1. The molecular formula is C23H38N2O. The quantitative estimate of drug-likeness (QED) is 0.718. The first-order chi connectivity index (χ1) is 12.8. The fourth-order valence-electron chi connectivity index (χ4n) is 4.88. The number of nitrogens with one attached hydrogen (secondary N) is 1. The third-order valence-corrected chi connectivity index (χ3v) is 6.49. The molecule has 0 heterocycles. The van der Waals surface area contributed by atoms with Crippen molar-refractivity contribution in [3.8, 4) is 5.75 Å². The number of benzene rings is 1. The maximum Gasteiger partial charge on any atom is 0.124 e. The van der Waals surface area contributed by atoms with E-state index in [1.807, 2.05) is 7.05 Å². The van der Waals surface area contributed by atoms with Crippen LogP contribution < -0.4 is 10.1 Å². The van der Waals surface area contributed by atoms with E-state index < -0.39 is 0 Å². The van der Waals surface area contributed by atoms with Crippen molar-refractivity contribution in [1.82, 2.24) is 10.2 Å². The molecule has 2 aliphatic rings. The second kappa shape index (κ2) is 10.3. The zero-order valence-electron chi connectivity index (χ0n) is 16.9. The third-order valence-electron chi connectivity index (χ3n) is 6.49. The highest BCUT2D eigenvalue weighted by Crippen LogP contribution is 2.39. The summed E-state index contributed by atoms with van der Waals surface area (Å²) < 4.78 is 6.49. The molecule has 3 heteroatoms. The monoisotopic (exact) mass is 358 g/mol. The van der Waals surface area contributed by atoms with Gasteiger partial charge in [-0.1, -0.05) is 50.3 Å². The van der Waals surface area contributed by atoms with E-state index >= 15 is 0 Å². The van der Waals surface area contributed by atoms with Crippen LogP contribution in [-0.2, 0) is 6.54 Å². The molecule has 1 aromatic rings. The smallest absolute Gasteiger partial charge is 0.124 e. The van der Waals surface area contributed by atoms with E-state index in [1.54, 1.807) is 0 Å². The number of para-hydroxylation sites is 1. The van der Waals surface area contributed by atoms with E-state index in [4.69, 9.17) is 4.74 Å². The number of rotatable bonds is 8. The molecule has 0 aliphatic heterocycles. The lowest BCUT2D eigenvalue weighted by atomic mass is 9.73. The molecule has 3 rings (SSSR count). The van der Waals surface area contributed by atoms with Crippen LogP contribution in [0.2, 0.25) is 0 Å². The summed E-state index contributed by atoms with van der Waals surface area (Å²) in [5, 5.41) is 3.22. The standard InChI is InChI=1S/C23H38N2O/c1-24-16-17-25(2)18-21-10-6-7-11-23(21)26-22-14-12-20(13-15-22)19-8-4-3-5-9-19/h6-7,10-11,19-20,22,24H,3-5,8-9,12-18H2,1-2H3. The lowest BCUT2D eigenvalue weighted by molar-refractivity contribution is 0.0977. The summed E-state index contributed by atoms with van der Waals surface area (Å²) in [5.41, 5.74) is 1.32. The SMILES string of the molecule is CNCCN(C)Cc1ccccc1OC1CCC(C2CCCCC2)CC1. The van der Waals surface area contributed by atoms with Crippen LogP contribution >= 0.6 is 0 Å². The third kappa shape index (κ3) is 5.72. The minimum absolute atomic E-state index is 0.415. The first-order valence-corrected chi connectivity index (χ1v) is 10.8. The lowest BCUT2D eigenvalue weighted by Crippen LogP contribution is -2.29. The Morgan fingerprint density at radius 1 is 0.962 bits per heavy atom. The van der Waals surface area contributed by atoms with Crippen LogP contribution in [-0.4, -0.2) is 38.2 Å². The molecule has 1 N–H and O–H groups in total. The van der Waals surface area contributed by atoms with Crippen LogP contribution in [0.4, 0.5) is 0 Å². The van der Waals surface area contributed by atoms with Gasteiger partial charge < -0.3 is 15.0 Å².